The summed E-state index contributed by atoms with van der Waals surface area (Å²) in [4.78, 5) is 3.86. The number of hydrazine groups is 1. The molecule has 102 valence electrons. The largest absolute Gasteiger partial charge is 0.469 e. The first-order chi connectivity index (χ1) is 9.13. The number of hydrogen-bond acceptors (Lipinski definition) is 6. The van der Waals surface area contributed by atoms with Crippen molar-refractivity contribution >= 4 is 15.8 Å². The Morgan fingerprint density at radius 3 is 2.84 bits per heavy atom. The van der Waals surface area contributed by atoms with Gasteiger partial charge >= 0.3 is 0 Å². The van der Waals surface area contributed by atoms with Crippen LogP contribution in [0.2, 0.25) is 0 Å². The Morgan fingerprint density at radius 1 is 1.32 bits per heavy atom. The lowest BCUT2D eigenvalue weighted by Gasteiger charge is -2.09. The summed E-state index contributed by atoms with van der Waals surface area (Å²) in [5, 5.41) is 0. The second-order valence-electron chi connectivity index (χ2n) is 3.72. The van der Waals surface area contributed by atoms with Crippen molar-refractivity contribution in [2.75, 3.05) is 12.0 Å². The van der Waals surface area contributed by atoms with E-state index in [9.17, 15) is 8.42 Å². The standard InChI is InChI=1S/C11H14N4O3S/c12-15-11-10(4-1-6-13-11)19(16,17)14-7-5-9-3-2-8-18-9/h1-4,6,8,14H,5,7,12H2,(H,13,15). The summed E-state index contributed by atoms with van der Waals surface area (Å²) >= 11 is 0. The number of furan rings is 1. The number of nitrogens with one attached hydrogen (secondary N) is 2. The molecule has 0 atom stereocenters. The first-order valence-electron chi connectivity index (χ1n) is 5.57. The molecule has 7 nitrogen and oxygen atoms in total. The van der Waals surface area contributed by atoms with Crippen LogP contribution < -0.4 is 16.0 Å². The maximum absolute atomic E-state index is 12.1. The molecule has 2 aromatic rings. The summed E-state index contributed by atoms with van der Waals surface area (Å²) in [6.45, 7) is 0.231. The number of rotatable bonds is 6. The molecular formula is C11H14N4O3S. The summed E-state index contributed by atoms with van der Waals surface area (Å²) < 4.78 is 31.7. The van der Waals surface area contributed by atoms with Crippen molar-refractivity contribution in [1.82, 2.24) is 9.71 Å². The lowest BCUT2D eigenvalue weighted by Crippen LogP contribution is -2.27. The van der Waals surface area contributed by atoms with Gasteiger partial charge in [-0.05, 0) is 24.3 Å². The van der Waals surface area contributed by atoms with Crippen molar-refractivity contribution in [2.45, 2.75) is 11.3 Å². The van der Waals surface area contributed by atoms with Gasteiger partial charge in [-0.3, -0.25) is 0 Å². The zero-order valence-corrected chi connectivity index (χ0v) is 10.9. The van der Waals surface area contributed by atoms with Crippen molar-refractivity contribution in [2.24, 2.45) is 5.84 Å². The summed E-state index contributed by atoms with van der Waals surface area (Å²) in [5.41, 5.74) is 2.26. The van der Waals surface area contributed by atoms with E-state index >= 15 is 0 Å². The molecule has 2 aromatic heterocycles. The molecule has 0 saturated heterocycles. The molecule has 0 aliphatic rings. The molecule has 0 aliphatic carbocycles. The molecule has 0 aromatic carbocycles. The average Bonchev–Trinajstić information content (AvgIpc) is 2.91. The third-order valence-corrected chi connectivity index (χ3v) is 3.93. The van der Waals surface area contributed by atoms with E-state index in [0.29, 0.717) is 12.2 Å². The van der Waals surface area contributed by atoms with E-state index in [-0.39, 0.29) is 17.3 Å². The molecule has 2 heterocycles. The summed E-state index contributed by atoms with van der Waals surface area (Å²) in [5.74, 6) is 6.05. The van der Waals surface area contributed by atoms with Crippen molar-refractivity contribution < 1.29 is 12.8 Å². The Kier molecular flexibility index (Phi) is 4.15. The third kappa shape index (κ3) is 3.31. The van der Waals surface area contributed by atoms with Crippen LogP contribution in [0.1, 0.15) is 5.76 Å². The van der Waals surface area contributed by atoms with E-state index in [1.165, 1.54) is 18.3 Å². The maximum Gasteiger partial charge on any atom is 0.244 e. The Morgan fingerprint density at radius 2 is 2.16 bits per heavy atom. The number of pyridine rings is 1. The van der Waals surface area contributed by atoms with Gasteiger partial charge in [0.25, 0.3) is 0 Å². The van der Waals surface area contributed by atoms with E-state index in [4.69, 9.17) is 10.3 Å². The SMILES string of the molecule is NNc1ncccc1S(=O)(=O)NCCc1ccco1. The molecular weight excluding hydrogens is 268 g/mol. The second-order valence-corrected chi connectivity index (χ2v) is 5.46. The minimum atomic E-state index is -3.65. The fraction of sp³-hybridized carbons (Fsp3) is 0.182. The lowest BCUT2D eigenvalue weighted by atomic mass is 10.3. The van der Waals surface area contributed by atoms with Gasteiger partial charge in [-0.15, -0.1) is 0 Å². The second kappa shape index (κ2) is 5.83. The molecule has 0 amide bonds. The lowest BCUT2D eigenvalue weighted by molar-refractivity contribution is 0.506. The van der Waals surface area contributed by atoms with Crippen molar-refractivity contribution in [3.63, 3.8) is 0 Å². The molecule has 0 bridgehead atoms. The zero-order chi connectivity index (χ0) is 13.7. The number of aromatic nitrogens is 1. The summed E-state index contributed by atoms with van der Waals surface area (Å²) in [6, 6.07) is 6.49. The molecule has 0 unspecified atom stereocenters. The summed E-state index contributed by atoms with van der Waals surface area (Å²) in [6.07, 6.45) is 3.47. The predicted octanol–water partition coefficient (Wildman–Crippen LogP) is 0.481. The minimum absolute atomic E-state index is 0.0111. The van der Waals surface area contributed by atoms with Crippen molar-refractivity contribution in [1.29, 1.82) is 0 Å². The van der Waals surface area contributed by atoms with Crippen LogP contribution in [0, 0.1) is 0 Å². The highest BCUT2D eigenvalue weighted by Crippen LogP contribution is 2.16. The maximum atomic E-state index is 12.1. The van der Waals surface area contributed by atoms with Crippen LogP contribution in [0.5, 0.6) is 0 Å². The number of anilines is 1. The van der Waals surface area contributed by atoms with Gasteiger partial charge in [-0.25, -0.2) is 24.0 Å². The van der Waals surface area contributed by atoms with Crippen molar-refractivity contribution in [3.05, 3.63) is 42.5 Å². The number of nitrogens with two attached hydrogens (primary N) is 1. The highest BCUT2D eigenvalue weighted by molar-refractivity contribution is 7.89. The van der Waals surface area contributed by atoms with Gasteiger partial charge in [0.2, 0.25) is 10.0 Å². The first-order valence-corrected chi connectivity index (χ1v) is 7.05. The van der Waals surface area contributed by atoms with Crippen LogP contribution in [-0.2, 0) is 16.4 Å². The molecule has 4 N–H and O–H groups in total. The zero-order valence-electron chi connectivity index (χ0n) is 10.0. The van der Waals surface area contributed by atoms with E-state index in [0.717, 1.165) is 0 Å². The minimum Gasteiger partial charge on any atom is -0.469 e. The number of hydrogen-bond donors (Lipinski definition) is 3. The average molecular weight is 282 g/mol. The van der Waals surface area contributed by atoms with E-state index in [1.54, 1.807) is 18.4 Å². The summed E-state index contributed by atoms with van der Waals surface area (Å²) in [7, 11) is -3.65. The quantitative estimate of drug-likeness (QED) is 0.525. The Labute approximate surface area is 110 Å². The molecule has 8 heteroatoms. The van der Waals surface area contributed by atoms with Gasteiger partial charge in [-0.1, -0.05) is 0 Å². The van der Waals surface area contributed by atoms with Crippen LogP contribution in [0.15, 0.2) is 46.0 Å². The van der Waals surface area contributed by atoms with E-state index in [2.05, 4.69) is 15.1 Å². The predicted molar refractivity (Wildman–Crippen MR) is 69.6 cm³/mol. The fourth-order valence-corrected chi connectivity index (χ4v) is 2.71. The normalized spacial score (nSPS) is 11.4. The monoisotopic (exact) mass is 282 g/mol. The molecule has 0 radical (unpaired) electrons. The Bertz CT molecular complexity index is 625. The van der Waals surface area contributed by atoms with Crippen LogP contribution in [0.4, 0.5) is 5.82 Å². The topological polar surface area (TPSA) is 110 Å². The number of nitrogen functional groups attached to an aromatic ring is 1. The van der Waals surface area contributed by atoms with Crippen LogP contribution in [-0.4, -0.2) is 19.9 Å². The van der Waals surface area contributed by atoms with Gasteiger partial charge < -0.3 is 9.84 Å². The van der Waals surface area contributed by atoms with Crippen LogP contribution >= 0.6 is 0 Å². The number of sulfonamides is 1. The van der Waals surface area contributed by atoms with Crippen LogP contribution in [0.25, 0.3) is 0 Å². The van der Waals surface area contributed by atoms with Gasteiger partial charge in [0.1, 0.15) is 10.7 Å². The van der Waals surface area contributed by atoms with Gasteiger partial charge in [0.15, 0.2) is 5.82 Å². The van der Waals surface area contributed by atoms with Crippen molar-refractivity contribution in [3.8, 4) is 0 Å². The highest BCUT2D eigenvalue weighted by Gasteiger charge is 2.18. The molecule has 0 fully saturated rings. The number of nitrogens with zero attached hydrogens (tertiary/aromatic N) is 1. The first kappa shape index (κ1) is 13.5. The Hall–Kier alpha value is -1.90. The Balaban J connectivity index is 2.05. The smallest absolute Gasteiger partial charge is 0.244 e. The van der Waals surface area contributed by atoms with E-state index < -0.39 is 10.0 Å². The molecule has 2 rings (SSSR count). The van der Waals surface area contributed by atoms with Gasteiger partial charge in [0, 0.05) is 19.2 Å². The highest BCUT2D eigenvalue weighted by atomic mass is 32.2. The van der Waals surface area contributed by atoms with Gasteiger partial charge in [-0.2, -0.15) is 0 Å². The molecule has 0 saturated carbocycles. The fourth-order valence-electron chi connectivity index (χ4n) is 1.56. The molecule has 19 heavy (non-hydrogen) atoms. The van der Waals surface area contributed by atoms with Gasteiger partial charge in [0.05, 0.1) is 6.26 Å². The van der Waals surface area contributed by atoms with Crippen LogP contribution in [0.3, 0.4) is 0 Å². The van der Waals surface area contributed by atoms with E-state index in [1.807, 2.05) is 0 Å². The molecule has 0 spiro atoms. The molecule has 0 aliphatic heterocycles. The third-order valence-electron chi connectivity index (χ3n) is 2.44.